The van der Waals surface area contributed by atoms with Crippen LogP contribution >= 0.6 is 12.2 Å². The van der Waals surface area contributed by atoms with Gasteiger partial charge in [0.15, 0.2) is 5.11 Å². The minimum Gasteiger partial charge on any atom is -0.406 e. The van der Waals surface area contributed by atoms with Crippen molar-refractivity contribution in [2.75, 3.05) is 5.32 Å². The molecule has 0 radical (unpaired) electrons. The van der Waals surface area contributed by atoms with Crippen LogP contribution in [0.5, 0.6) is 5.75 Å². The molecule has 0 saturated heterocycles. The third-order valence-electron chi connectivity index (χ3n) is 3.67. The molecular weight excluding hydrogens is 412 g/mol. The van der Waals surface area contributed by atoms with Gasteiger partial charge in [-0.3, -0.25) is 0 Å². The molecule has 0 bridgehead atoms. The van der Waals surface area contributed by atoms with E-state index in [0.29, 0.717) is 0 Å². The van der Waals surface area contributed by atoms with Gasteiger partial charge >= 0.3 is 12.5 Å². The van der Waals surface area contributed by atoms with E-state index >= 15 is 0 Å². The number of aliphatic hydroxyl groups is 1. The summed E-state index contributed by atoms with van der Waals surface area (Å²) in [5.74, 6) is -0.493. The van der Waals surface area contributed by atoms with E-state index in [-0.39, 0.29) is 28.7 Å². The molecule has 1 aromatic carbocycles. The molecule has 1 aliphatic rings. The quantitative estimate of drug-likeness (QED) is 0.540. The Hall–Kier alpha value is -2.08. The average Bonchev–Trinajstić information content (AvgIpc) is 2.84. The van der Waals surface area contributed by atoms with Crippen LogP contribution in [0.2, 0.25) is 0 Å². The molecule has 2 N–H and O–H groups in total. The van der Waals surface area contributed by atoms with E-state index in [1.165, 1.54) is 0 Å². The van der Waals surface area contributed by atoms with Gasteiger partial charge in [-0.25, -0.2) is 0 Å². The number of hydrazone groups is 1. The van der Waals surface area contributed by atoms with Crippen LogP contribution in [0.4, 0.5) is 32.0 Å². The first-order valence-corrected chi connectivity index (χ1v) is 8.44. The lowest BCUT2D eigenvalue weighted by Crippen LogP contribution is -2.57. The van der Waals surface area contributed by atoms with Crippen LogP contribution in [-0.4, -0.2) is 39.2 Å². The first-order valence-electron chi connectivity index (χ1n) is 8.04. The number of benzene rings is 1. The average molecular weight is 429 g/mol. The topological polar surface area (TPSA) is 57.1 Å². The minimum absolute atomic E-state index is 0.0129. The normalized spacial score (nSPS) is 20.4. The fourth-order valence-corrected chi connectivity index (χ4v) is 2.86. The second kappa shape index (κ2) is 7.74. The summed E-state index contributed by atoms with van der Waals surface area (Å²) in [5.41, 5.74) is -3.08. The Balaban J connectivity index is 2.19. The highest BCUT2D eigenvalue weighted by molar-refractivity contribution is 7.80. The Labute approximate surface area is 162 Å². The SMILES string of the molecule is CC(C)CC1=NN(C(=S)Nc2ccc(OC(F)(F)F)cc2)C(O)(C(F)(F)F)C1. The molecule has 0 amide bonds. The van der Waals surface area contributed by atoms with Gasteiger partial charge in [0.2, 0.25) is 0 Å². The molecule has 0 fully saturated rings. The van der Waals surface area contributed by atoms with Gasteiger partial charge in [-0.15, -0.1) is 13.2 Å². The van der Waals surface area contributed by atoms with Gasteiger partial charge in [0.25, 0.3) is 5.72 Å². The molecule has 1 aliphatic heterocycles. The van der Waals surface area contributed by atoms with Crippen LogP contribution in [0.3, 0.4) is 0 Å². The lowest BCUT2D eigenvalue weighted by molar-refractivity contribution is -0.294. The Bertz CT molecular complexity index is 748. The largest absolute Gasteiger partial charge is 0.573 e. The Morgan fingerprint density at radius 1 is 1.25 bits per heavy atom. The van der Waals surface area contributed by atoms with E-state index in [4.69, 9.17) is 12.2 Å². The summed E-state index contributed by atoms with van der Waals surface area (Å²) in [6.07, 6.45) is -10.4. The number of nitrogens with one attached hydrogen (secondary N) is 1. The number of ether oxygens (including phenoxy) is 1. The maximum absolute atomic E-state index is 13.4. The number of nitrogens with zero attached hydrogens (tertiary/aromatic N) is 2. The van der Waals surface area contributed by atoms with Gasteiger partial charge in [-0.2, -0.15) is 23.3 Å². The van der Waals surface area contributed by atoms with Crippen molar-refractivity contribution in [3.8, 4) is 5.75 Å². The molecule has 0 aliphatic carbocycles. The molecule has 1 aromatic rings. The summed E-state index contributed by atoms with van der Waals surface area (Å²) in [5, 5.41) is 16.2. The first kappa shape index (κ1) is 22.2. The second-order valence-electron chi connectivity index (χ2n) is 6.57. The highest BCUT2D eigenvalue weighted by Crippen LogP contribution is 2.41. The van der Waals surface area contributed by atoms with E-state index < -0.39 is 35.5 Å². The van der Waals surface area contributed by atoms with E-state index in [1.807, 2.05) is 0 Å². The molecule has 5 nitrogen and oxygen atoms in total. The number of thiocarbonyl (C=S) groups is 1. The van der Waals surface area contributed by atoms with Crippen molar-refractivity contribution in [2.24, 2.45) is 11.0 Å². The highest BCUT2D eigenvalue weighted by Gasteiger charge is 2.62. The molecule has 156 valence electrons. The fraction of sp³-hybridized carbons (Fsp3) is 0.500. The van der Waals surface area contributed by atoms with Gasteiger partial charge in [-0.05, 0) is 48.8 Å². The van der Waals surface area contributed by atoms with Gasteiger partial charge in [-0.1, -0.05) is 13.8 Å². The zero-order valence-corrected chi connectivity index (χ0v) is 15.5. The molecule has 1 unspecified atom stereocenters. The van der Waals surface area contributed by atoms with Crippen molar-refractivity contribution in [3.63, 3.8) is 0 Å². The second-order valence-corrected chi connectivity index (χ2v) is 6.96. The third kappa shape index (κ3) is 5.25. The van der Waals surface area contributed by atoms with Crippen LogP contribution in [0.15, 0.2) is 29.4 Å². The van der Waals surface area contributed by atoms with Crippen LogP contribution in [0, 0.1) is 5.92 Å². The summed E-state index contributed by atoms with van der Waals surface area (Å²) < 4.78 is 80.5. The minimum atomic E-state index is -5.04. The molecule has 2 rings (SSSR count). The van der Waals surface area contributed by atoms with E-state index in [2.05, 4.69) is 15.2 Å². The highest BCUT2D eigenvalue weighted by atomic mass is 32.1. The molecule has 0 aromatic heterocycles. The number of hydrogen-bond acceptors (Lipinski definition) is 4. The molecule has 0 saturated carbocycles. The first-order chi connectivity index (χ1) is 12.7. The van der Waals surface area contributed by atoms with E-state index in [0.717, 1.165) is 24.3 Å². The van der Waals surface area contributed by atoms with E-state index in [9.17, 15) is 31.4 Å². The van der Waals surface area contributed by atoms with Crippen molar-refractivity contribution < 1.29 is 36.2 Å². The standard InChI is InChI=1S/C16H17F6N3O2S/c1-9(2)7-11-8-14(26,15(17,18)19)25(24-11)13(28)23-10-3-5-12(6-4-10)27-16(20,21)22/h3-6,9,26H,7-8H2,1-2H3,(H,23,28). The number of alkyl halides is 6. The third-order valence-corrected chi connectivity index (χ3v) is 3.95. The lowest BCUT2D eigenvalue weighted by Gasteiger charge is -2.34. The Kier molecular flexibility index (Phi) is 6.14. The van der Waals surface area contributed by atoms with Gasteiger partial charge in [0, 0.05) is 17.8 Å². The zero-order valence-electron chi connectivity index (χ0n) is 14.7. The van der Waals surface area contributed by atoms with Crippen LogP contribution in [-0.2, 0) is 0 Å². The fourth-order valence-electron chi connectivity index (χ4n) is 2.55. The smallest absolute Gasteiger partial charge is 0.406 e. The lowest BCUT2D eigenvalue weighted by atomic mass is 9.99. The van der Waals surface area contributed by atoms with Gasteiger partial charge < -0.3 is 15.2 Å². The summed E-state index contributed by atoms with van der Waals surface area (Å²) in [6.45, 7) is 3.58. The Morgan fingerprint density at radius 2 is 1.82 bits per heavy atom. The van der Waals surface area contributed by atoms with Crippen molar-refractivity contribution in [1.29, 1.82) is 0 Å². The molecule has 12 heteroatoms. The van der Waals surface area contributed by atoms with Gasteiger partial charge in [0.05, 0.1) is 0 Å². The summed E-state index contributed by atoms with van der Waals surface area (Å²) in [4.78, 5) is 0. The number of halogens is 6. The van der Waals surface area contributed by atoms with Crippen molar-refractivity contribution >= 4 is 28.7 Å². The predicted octanol–water partition coefficient (Wildman–Crippen LogP) is 4.64. The van der Waals surface area contributed by atoms with Crippen LogP contribution in [0.1, 0.15) is 26.7 Å². The zero-order chi connectivity index (χ0) is 21.3. The van der Waals surface area contributed by atoms with Gasteiger partial charge in [0.1, 0.15) is 5.75 Å². The summed E-state index contributed by atoms with van der Waals surface area (Å²) in [7, 11) is 0. The maximum Gasteiger partial charge on any atom is 0.573 e. The molecule has 1 heterocycles. The maximum atomic E-state index is 13.4. The molecule has 1 atom stereocenters. The monoisotopic (exact) mass is 429 g/mol. The predicted molar refractivity (Wildman–Crippen MR) is 93.7 cm³/mol. The van der Waals surface area contributed by atoms with E-state index in [1.54, 1.807) is 13.8 Å². The Morgan fingerprint density at radius 3 is 2.29 bits per heavy atom. The van der Waals surface area contributed by atoms with Crippen LogP contribution in [0.25, 0.3) is 0 Å². The van der Waals surface area contributed by atoms with Crippen LogP contribution < -0.4 is 10.1 Å². The number of rotatable bonds is 4. The molecule has 28 heavy (non-hydrogen) atoms. The van der Waals surface area contributed by atoms with Crippen molar-refractivity contribution in [1.82, 2.24) is 5.01 Å². The van der Waals surface area contributed by atoms with Crippen molar-refractivity contribution in [3.05, 3.63) is 24.3 Å². The molecular formula is C16H17F6N3O2S. The van der Waals surface area contributed by atoms with Crippen molar-refractivity contribution in [2.45, 2.75) is 45.0 Å². The number of hydrogen-bond donors (Lipinski definition) is 2. The summed E-state index contributed by atoms with van der Waals surface area (Å²) in [6, 6.07) is 4.20. The molecule has 0 spiro atoms. The number of anilines is 1. The summed E-state index contributed by atoms with van der Waals surface area (Å²) >= 11 is 4.94.